The summed E-state index contributed by atoms with van der Waals surface area (Å²) in [6.07, 6.45) is 3.93. The first-order chi connectivity index (χ1) is 19.9. The second-order valence-electron chi connectivity index (χ2n) is 12.6. The van der Waals surface area contributed by atoms with Crippen LogP contribution in [0.25, 0.3) is 11.8 Å². The molecule has 4 aliphatic carbocycles. The molecule has 3 saturated carbocycles. The number of carbonyl (C=O) groups excluding carboxylic acids is 2. The van der Waals surface area contributed by atoms with E-state index in [-0.39, 0.29) is 31.2 Å². The highest BCUT2D eigenvalue weighted by Crippen LogP contribution is 2.71. The fraction of sp³-hybridized carbons (Fsp3) is 0.581. The van der Waals surface area contributed by atoms with Crippen molar-refractivity contribution in [3.05, 3.63) is 53.1 Å². The normalized spacial score (nSPS) is 36.7. The van der Waals surface area contributed by atoms with Crippen LogP contribution in [0.5, 0.6) is 0 Å². The average Bonchev–Trinajstić information content (AvgIpc) is 3.47. The molecule has 0 amide bonds. The molecule has 3 fully saturated rings. The third-order valence-corrected chi connectivity index (χ3v) is 11.5. The van der Waals surface area contributed by atoms with Crippen molar-refractivity contribution in [2.24, 2.45) is 22.7 Å². The van der Waals surface area contributed by atoms with Crippen molar-refractivity contribution < 1.29 is 37.3 Å². The van der Waals surface area contributed by atoms with Crippen molar-refractivity contribution in [1.29, 1.82) is 0 Å². The summed E-state index contributed by atoms with van der Waals surface area (Å²) < 4.78 is 57.4. The fourth-order valence-corrected chi connectivity index (χ4v) is 9.59. The van der Waals surface area contributed by atoms with Crippen LogP contribution in [-0.4, -0.2) is 63.1 Å². The molecule has 7 atom stereocenters. The number of methoxy groups -OCH3 is 1. The molecule has 0 radical (unpaired) electrons. The van der Waals surface area contributed by atoms with Gasteiger partial charge in [0, 0.05) is 23.9 Å². The molecular weight excluding hydrogens is 569 g/mol. The molecule has 0 saturated heterocycles. The largest absolute Gasteiger partial charge is 0.448 e. The fourth-order valence-electron chi connectivity index (χ4n) is 8.88. The van der Waals surface area contributed by atoms with Gasteiger partial charge in [-0.15, -0.1) is 0 Å². The number of thioether (sulfide) groups is 1. The monoisotopic (exact) mass is 604 g/mol. The molecule has 226 valence electrons. The summed E-state index contributed by atoms with van der Waals surface area (Å²) in [6.45, 7) is 3.26. The second kappa shape index (κ2) is 10.2. The van der Waals surface area contributed by atoms with Gasteiger partial charge in [-0.3, -0.25) is 4.79 Å². The Morgan fingerprint density at radius 1 is 1.19 bits per heavy atom. The zero-order valence-corrected chi connectivity index (χ0v) is 24.7. The topological polar surface area (TPSA) is 90.7 Å². The maximum atomic E-state index is 18.0. The van der Waals surface area contributed by atoms with Crippen molar-refractivity contribution in [2.45, 2.75) is 69.7 Å². The predicted octanol–water partition coefficient (Wildman–Crippen LogP) is 5.37. The maximum absolute atomic E-state index is 18.0. The summed E-state index contributed by atoms with van der Waals surface area (Å²) in [4.78, 5) is 26.1. The lowest BCUT2D eigenvalue weighted by Crippen LogP contribution is -2.70. The predicted molar refractivity (Wildman–Crippen MR) is 151 cm³/mol. The van der Waals surface area contributed by atoms with Crippen LogP contribution in [0, 0.1) is 28.5 Å². The van der Waals surface area contributed by atoms with E-state index in [0.717, 1.165) is 16.8 Å². The molecule has 0 unspecified atom stereocenters. The molecule has 0 spiro atoms. The van der Waals surface area contributed by atoms with Crippen LogP contribution in [-0.2, 0) is 25.5 Å². The molecule has 42 heavy (non-hydrogen) atoms. The van der Waals surface area contributed by atoms with Crippen molar-refractivity contribution >= 4 is 28.9 Å². The summed E-state index contributed by atoms with van der Waals surface area (Å²) >= 11 is 0.444. The highest BCUT2D eigenvalue weighted by atomic mass is 32.2. The molecule has 4 aliphatic rings. The van der Waals surface area contributed by atoms with Crippen LogP contribution in [0.15, 0.2) is 36.0 Å². The summed E-state index contributed by atoms with van der Waals surface area (Å²) in [5.74, 6) is -2.10. The van der Waals surface area contributed by atoms with Gasteiger partial charge in [0.25, 0.3) is 0 Å². The molecular formula is C31H35F3N2O5S. The zero-order chi connectivity index (χ0) is 30.1. The number of esters is 1. The van der Waals surface area contributed by atoms with Crippen LogP contribution in [0.2, 0.25) is 0 Å². The van der Waals surface area contributed by atoms with Crippen LogP contribution in [0.4, 0.5) is 13.2 Å². The van der Waals surface area contributed by atoms with Gasteiger partial charge in [-0.2, -0.15) is 5.10 Å². The number of ether oxygens (including phenoxy) is 2. The van der Waals surface area contributed by atoms with Crippen molar-refractivity contribution in [3.63, 3.8) is 0 Å². The average molecular weight is 605 g/mol. The SMILES string of the molecule is COCC(=O)O[C@]1(C(=O)SCF)CC[C@H]2[C@@H]3CCC4=Cc5c(cnn5-c5ccc(F)cc5)C[C@]4(C)[C@@]3(F)[C@@H](O)C[C@@]21C. The van der Waals surface area contributed by atoms with Gasteiger partial charge in [-0.1, -0.05) is 19.4 Å². The zero-order valence-electron chi connectivity index (χ0n) is 23.9. The van der Waals surface area contributed by atoms with Gasteiger partial charge >= 0.3 is 5.97 Å². The minimum Gasteiger partial charge on any atom is -0.448 e. The molecule has 1 aromatic heterocycles. The number of halogens is 3. The smallest absolute Gasteiger partial charge is 0.333 e. The van der Waals surface area contributed by atoms with E-state index in [1.54, 1.807) is 29.9 Å². The van der Waals surface area contributed by atoms with E-state index in [0.29, 0.717) is 43.1 Å². The lowest BCUT2D eigenvalue weighted by Gasteiger charge is -2.63. The molecule has 0 bridgehead atoms. The second-order valence-corrected chi connectivity index (χ2v) is 13.5. The number of alkyl halides is 2. The quantitative estimate of drug-likeness (QED) is 0.444. The van der Waals surface area contributed by atoms with Gasteiger partial charge in [0.15, 0.2) is 5.60 Å². The van der Waals surface area contributed by atoms with Gasteiger partial charge in [0.1, 0.15) is 24.1 Å². The number of hydrogen-bond donors (Lipinski definition) is 1. The maximum Gasteiger partial charge on any atom is 0.333 e. The third kappa shape index (κ3) is 3.91. The van der Waals surface area contributed by atoms with Crippen LogP contribution in [0.3, 0.4) is 0 Å². The van der Waals surface area contributed by atoms with Gasteiger partial charge in [0.05, 0.1) is 23.7 Å². The Morgan fingerprint density at radius 2 is 1.93 bits per heavy atom. The number of allylic oxidation sites excluding steroid dienone is 1. The highest BCUT2D eigenvalue weighted by molar-refractivity contribution is 8.13. The molecule has 0 aliphatic heterocycles. The van der Waals surface area contributed by atoms with Crippen molar-refractivity contribution in [2.75, 3.05) is 19.7 Å². The van der Waals surface area contributed by atoms with E-state index >= 15 is 4.39 Å². The summed E-state index contributed by atoms with van der Waals surface area (Å²) in [5, 5.41) is 15.7. The number of nitrogens with zero attached hydrogens (tertiary/aromatic N) is 2. The van der Waals surface area contributed by atoms with Gasteiger partial charge in [-0.05, 0) is 92.1 Å². The van der Waals surface area contributed by atoms with Crippen LogP contribution >= 0.6 is 11.8 Å². The first-order valence-electron chi connectivity index (χ1n) is 14.3. The summed E-state index contributed by atoms with van der Waals surface area (Å²) in [6, 6.07) is 5.03. The van der Waals surface area contributed by atoms with Gasteiger partial charge < -0.3 is 14.6 Å². The molecule has 7 nitrogen and oxygen atoms in total. The Kier molecular flexibility index (Phi) is 7.17. The van der Waals surface area contributed by atoms with E-state index < -0.39 is 51.2 Å². The van der Waals surface area contributed by atoms with Gasteiger partial charge in [-0.25, -0.2) is 22.6 Å². The minimum absolute atomic E-state index is 0.117. The molecule has 6 rings (SSSR count). The number of aromatic nitrogens is 2. The Labute approximate surface area is 246 Å². The van der Waals surface area contributed by atoms with E-state index in [1.807, 2.05) is 13.0 Å². The first-order valence-corrected chi connectivity index (χ1v) is 15.3. The van der Waals surface area contributed by atoms with Crippen LogP contribution < -0.4 is 0 Å². The Morgan fingerprint density at radius 3 is 2.62 bits per heavy atom. The highest BCUT2D eigenvalue weighted by Gasteiger charge is 2.76. The van der Waals surface area contributed by atoms with Gasteiger partial charge in [0.2, 0.25) is 5.12 Å². The number of aliphatic hydroxyl groups excluding tert-OH is 1. The number of fused-ring (bicyclic) bond motifs is 6. The van der Waals surface area contributed by atoms with Crippen molar-refractivity contribution in [1.82, 2.24) is 9.78 Å². The molecule has 1 heterocycles. The molecule has 1 N–H and O–H groups in total. The minimum atomic E-state index is -2.03. The Hall–Kier alpha value is -2.63. The molecule has 1 aromatic carbocycles. The van der Waals surface area contributed by atoms with E-state index in [4.69, 9.17) is 9.47 Å². The standard InChI is InChI=1S/C31H35F3N2O5S/c1-28-13-18-15-35-36(21-7-5-20(33)6-8-21)24(18)12-19(28)4-9-23-22-10-11-30(27(39)42-17-32,41-26(38)16-40-3)29(22,2)14-25(37)31(23,28)34/h5-8,12,15,22-23,25,37H,4,9-11,13-14,16-17H2,1-3H3/t22-,23-,25-,28-,29-,30-,31-/m0/s1. The van der Waals surface area contributed by atoms with E-state index in [2.05, 4.69) is 5.10 Å². The number of rotatable bonds is 6. The van der Waals surface area contributed by atoms with Crippen molar-refractivity contribution in [3.8, 4) is 5.69 Å². The summed E-state index contributed by atoms with van der Waals surface area (Å²) in [7, 11) is 1.33. The molecule has 2 aromatic rings. The Bertz CT molecular complexity index is 1450. The van der Waals surface area contributed by atoms with E-state index in [1.165, 1.54) is 19.2 Å². The van der Waals surface area contributed by atoms with Crippen LogP contribution in [0.1, 0.15) is 57.2 Å². The number of aliphatic hydroxyl groups is 1. The number of hydrogen-bond acceptors (Lipinski definition) is 7. The first kappa shape index (κ1) is 29.4. The van der Waals surface area contributed by atoms with E-state index in [9.17, 15) is 23.5 Å². The lowest BCUT2D eigenvalue weighted by atomic mass is 9.44. The Balaban J connectivity index is 1.38. The summed E-state index contributed by atoms with van der Waals surface area (Å²) in [5.41, 5.74) is -2.66. The number of carbonyl (C=O) groups is 2. The lowest BCUT2D eigenvalue weighted by molar-refractivity contribution is -0.229. The third-order valence-electron chi connectivity index (χ3n) is 10.8. The number of benzene rings is 1. The molecule has 11 heteroatoms.